The van der Waals surface area contributed by atoms with Crippen molar-refractivity contribution in [1.29, 1.82) is 0 Å². The maximum atomic E-state index is 13.1. The number of amides is 1. The van der Waals surface area contributed by atoms with Crippen molar-refractivity contribution < 1.29 is 38.9 Å². The van der Waals surface area contributed by atoms with Crippen molar-refractivity contribution in [2.45, 2.75) is 44.6 Å². The third-order valence-corrected chi connectivity index (χ3v) is 5.55. The number of para-hydroxylation sites is 1. The fraction of sp³-hybridized carbons (Fsp3) is 0.320. The predicted octanol–water partition coefficient (Wildman–Crippen LogP) is 1.50. The minimum atomic E-state index is -1.54. The number of nitrogens with two attached hydrogens (primary N) is 2. The summed E-state index contributed by atoms with van der Waals surface area (Å²) in [6.45, 7) is 0.330. The summed E-state index contributed by atoms with van der Waals surface area (Å²) in [5.74, 6) is -3.61. The number of fused-ring (bicyclic) bond motifs is 2. The van der Waals surface area contributed by atoms with Gasteiger partial charge in [-0.05, 0) is 61.1 Å². The van der Waals surface area contributed by atoms with E-state index >= 15 is 0 Å². The Morgan fingerprint density at radius 3 is 2.59 bits per heavy atom. The molecule has 0 bridgehead atoms. The van der Waals surface area contributed by atoms with Gasteiger partial charge < -0.3 is 36.5 Å². The number of aryl methyl sites for hydroxylation is 2. The van der Waals surface area contributed by atoms with Crippen molar-refractivity contribution >= 4 is 35.5 Å². The highest BCUT2D eigenvalue weighted by Gasteiger charge is 2.24. The first-order valence-corrected chi connectivity index (χ1v) is 11.6. The molecule has 196 valence electrons. The second kappa shape index (κ2) is 12.4. The highest BCUT2D eigenvalue weighted by Crippen LogP contribution is 2.34. The second-order valence-electron chi connectivity index (χ2n) is 8.37. The highest BCUT2D eigenvalue weighted by molar-refractivity contribution is 5.94. The Morgan fingerprint density at radius 1 is 1.11 bits per heavy atom. The Labute approximate surface area is 212 Å². The van der Waals surface area contributed by atoms with Crippen molar-refractivity contribution in [3.8, 4) is 11.5 Å². The summed E-state index contributed by atoms with van der Waals surface area (Å²) < 4.78 is 11.6. The van der Waals surface area contributed by atoms with Crippen LogP contribution >= 0.6 is 0 Å². The van der Waals surface area contributed by atoms with Gasteiger partial charge in [0, 0.05) is 6.42 Å². The minimum absolute atomic E-state index is 0.0944. The van der Waals surface area contributed by atoms with Crippen LogP contribution in [0.1, 0.15) is 47.2 Å². The van der Waals surface area contributed by atoms with Crippen LogP contribution in [0.25, 0.3) is 0 Å². The number of carbonyl (C=O) groups is 4. The normalized spacial score (nSPS) is 13.9. The van der Waals surface area contributed by atoms with Gasteiger partial charge in [0.05, 0.1) is 24.3 Å². The van der Waals surface area contributed by atoms with E-state index in [4.69, 9.17) is 31.2 Å². The summed E-state index contributed by atoms with van der Waals surface area (Å²) in [5, 5.41) is 20.2. The van der Waals surface area contributed by atoms with E-state index in [1.54, 1.807) is 36.4 Å². The van der Waals surface area contributed by atoms with Gasteiger partial charge in [0.25, 0.3) is 0 Å². The molecule has 2 aromatic carbocycles. The largest absolute Gasteiger partial charge is 0.489 e. The number of carboxylic acids is 2. The van der Waals surface area contributed by atoms with Gasteiger partial charge in [-0.2, -0.15) is 0 Å². The Kier molecular flexibility index (Phi) is 9.03. The molecule has 37 heavy (non-hydrogen) atoms. The molecule has 3 rings (SSSR count). The summed E-state index contributed by atoms with van der Waals surface area (Å²) in [6.07, 6.45) is 1.23. The lowest BCUT2D eigenvalue weighted by molar-refractivity contribution is -0.147. The number of carbonyl (C=O) groups excluding carboxylic acids is 2. The molecule has 1 atom stereocenters. The first-order chi connectivity index (χ1) is 17.6. The molecule has 0 aliphatic carbocycles. The number of rotatable bonds is 8. The quantitative estimate of drug-likeness (QED) is 0.149. The molecule has 0 fully saturated rings. The number of nitrogens with one attached hydrogen (secondary N) is 1. The first-order valence-electron chi connectivity index (χ1n) is 11.6. The summed E-state index contributed by atoms with van der Waals surface area (Å²) in [5.41, 5.74) is 13.1. The smallest absolute Gasteiger partial charge is 0.343 e. The topological polar surface area (TPSA) is 204 Å². The number of nitrogens with zero attached hydrogens (tertiary/aromatic N) is 1. The number of aliphatic imine (C=N–C) groups is 1. The van der Waals surface area contributed by atoms with Crippen LogP contribution in [0.2, 0.25) is 0 Å². The van der Waals surface area contributed by atoms with Crippen LogP contribution in [0, 0.1) is 0 Å². The molecule has 1 heterocycles. The second-order valence-corrected chi connectivity index (χ2v) is 8.37. The number of hydrogen-bond acceptors (Lipinski definition) is 7. The lowest BCUT2D eigenvalue weighted by Crippen LogP contribution is -2.42. The summed E-state index contributed by atoms with van der Waals surface area (Å²) in [4.78, 5) is 51.5. The van der Waals surface area contributed by atoms with Crippen LogP contribution in [-0.2, 0) is 27.2 Å². The number of hydrogen-bond donors (Lipinski definition) is 5. The van der Waals surface area contributed by atoms with Crippen LogP contribution in [-0.4, -0.2) is 52.6 Å². The zero-order chi connectivity index (χ0) is 26.9. The number of esters is 1. The molecule has 2 aromatic rings. The van der Waals surface area contributed by atoms with Crippen LogP contribution < -0.4 is 26.3 Å². The van der Waals surface area contributed by atoms with Gasteiger partial charge in [0.15, 0.2) is 17.5 Å². The van der Waals surface area contributed by atoms with Crippen molar-refractivity contribution in [1.82, 2.24) is 5.32 Å². The van der Waals surface area contributed by atoms with Gasteiger partial charge in [-0.15, -0.1) is 0 Å². The van der Waals surface area contributed by atoms with E-state index in [2.05, 4.69) is 10.3 Å². The van der Waals surface area contributed by atoms with Gasteiger partial charge >= 0.3 is 17.9 Å². The highest BCUT2D eigenvalue weighted by atomic mass is 16.6. The fourth-order valence-corrected chi connectivity index (χ4v) is 3.84. The average Bonchev–Trinajstić information content (AvgIpc) is 2.85. The molecule has 0 saturated carbocycles. The van der Waals surface area contributed by atoms with Gasteiger partial charge in [-0.25, -0.2) is 14.6 Å². The van der Waals surface area contributed by atoms with Crippen molar-refractivity contribution in [3.63, 3.8) is 0 Å². The SMILES string of the molecule is NC(N)=Nc1ccc2c(c1)CCCCOc1c(CCC(=O)N[C@@H](CC(=O)O)C(=O)O)cccc1OC2=O. The number of ether oxygens (including phenoxy) is 2. The number of aliphatic carboxylic acids is 2. The van der Waals surface area contributed by atoms with Gasteiger partial charge in [-0.3, -0.25) is 9.59 Å². The molecule has 0 spiro atoms. The molecule has 12 heteroatoms. The number of carboxylic acid groups (broad SMARTS) is 2. The zero-order valence-electron chi connectivity index (χ0n) is 19.9. The molecule has 0 radical (unpaired) electrons. The van der Waals surface area contributed by atoms with Crippen molar-refractivity contribution in [2.24, 2.45) is 16.5 Å². The molecule has 1 aliphatic rings. The summed E-state index contributed by atoms with van der Waals surface area (Å²) in [6, 6.07) is 8.34. The van der Waals surface area contributed by atoms with Crippen LogP contribution in [0.15, 0.2) is 41.4 Å². The number of guanidine groups is 1. The zero-order valence-corrected chi connectivity index (χ0v) is 19.9. The monoisotopic (exact) mass is 512 g/mol. The third-order valence-electron chi connectivity index (χ3n) is 5.55. The van der Waals surface area contributed by atoms with Crippen LogP contribution in [0.4, 0.5) is 5.69 Å². The predicted molar refractivity (Wildman–Crippen MR) is 132 cm³/mol. The molecule has 1 amide bonds. The first kappa shape index (κ1) is 27.0. The average molecular weight is 513 g/mol. The molecule has 0 aromatic heterocycles. The van der Waals surface area contributed by atoms with E-state index in [0.29, 0.717) is 48.4 Å². The molecule has 0 saturated heterocycles. The van der Waals surface area contributed by atoms with Crippen LogP contribution in [0.5, 0.6) is 11.5 Å². The van der Waals surface area contributed by atoms with E-state index in [-0.39, 0.29) is 24.6 Å². The van der Waals surface area contributed by atoms with Gasteiger partial charge in [0.2, 0.25) is 5.91 Å². The maximum Gasteiger partial charge on any atom is 0.343 e. The van der Waals surface area contributed by atoms with Gasteiger partial charge in [-0.1, -0.05) is 12.1 Å². The number of benzene rings is 2. The summed E-state index contributed by atoms with van der Waals surface area (Å²) >= 11 is 0. The maximum absolute atomic E-state index is 13.1. The standard InChI is InChI=1S/C25H28N4O8/c26-25(27)28-16-8-9-17-15(12-16)4-1-2-11-36-22-14(5-3-6-19(22)37-24(17)35)7-10-20(30)29-18(23(33)34)13-21(31)32/h3,5-6,8-9,12,18H,1-2,4,7,10-11,13H2,(H,29,30)(H,31,32)(H,33,34)(H4,26,27,28)/t18-/m0/s1. The van der Waals surface area contributed by atoms with Crippen molar-refractivity contribution in [2.75, 3.05) is 6.61 Å². The molecular formula is C25H28N4O8. The van der Waals surface area contributed by atoms with E-state index in [0.717, 1.165) is 5.56 Å². The van der Waals surface area contributed by atoms with E-state index in [9.17, 15) is 19.2 Å². The lowest BCUT2D eigenvalue weighted by atomic mass is 10.0. The van der Waals surface area contributed by atoms with E-state index in [1.807, 2.05) is 0 Å². The molecule has 0 unspecified atom stereocenters. The van der Waals surface area contributed by atoms with Crippen molar-refractivity contribution in [3.05, 3.63) is 53.1 Å². The van der Waals surface area contributed by atoms with E-state index < -0.39 is 36.3 Å². The molecule has 7 N–H and O–H groups in total. The molecule has 12 nitrogen and oxygen atoms in total. The fourth-order valence-electron chi connectivity index (χ4n) is 3.84. The molecular weight excluding hydrogens is 484 g/mol. The lowest BCUT2D eigenvalue weighted by Gasteiger charge is -2.16. The Morgan fingerprint density at radius 2 is 1.89 bits per heavy atom. The third kappa shape index (κ3) is 7.69. The Balaban J connectivity index is 1.80. The Bertz CT molecular complexity index is 1220. The Hall–Kier alpha value is -4.61. The molecule has 1 aliphatic heterocycles. The minimum Gasteiger partial charge on any atom is -0.489 e. The summed E-state index contributed by atoms with van der Waals surface area (Å²) in [7, 11) is 0. The van der Waals surface area contributed by atoms with E-state index in [1.165, 1.54) is 0 Å². The van der Waals surface area contributed by atoms with Crippen LogP contribution in [0.3, 0.4) is 0 Å². The van der Waals surface area contributed by atoms with Gasteiger partial charge in [0.1, 0.15) is 6.04 Å².